The molecule has 0 bridgehead atoms. The van der Waals surface area contributed by atoms with Crippen LogP contribution in [0.3, 0.4) is 0 Å². The van der Waals surface area contributed by atoms with E-state index < -0.39 is 5.41 Å². The summed E-state index contributed by atoms with van der Waals surface area (Å²) >= 11 is 0. The Kier molecular flexibility index (Phi) is 5.22. The lowest BCUT2D eigenvalue weighted by Gasteiger charge is -2.13. The maximum atomic E-state index is 12.6. The standard InChI is InChI=1S/C24H24N2O2/c27-17-24(23(28)25-13-12-18-6-2-1-3-7-18)15-21(24)11-10-19-14-20-8-4-5-9-22(20)26-16-19/h1-11,14,16,21,27H,12-13,15,17H2,(H,25,28)/b11-10+. The van der Waals surface area contributed by atoms with Gasteiger partial charge in [-0.05, 0) is 42.0 Å². The Hall–Kier alpha value is -2.98. The number of allylic oxidation sites excluding steroid dienone is 1. The van der Waals surface area contributed by atoms with Crippen LogP contribution in [-0.4, -0.2) is 29.1 Å². The molecule has 1 aliphatic carbocycles. The summed E-state index contributed by atoms with van der Waals surface area (Å²) in [6, 6.07) is 20.1. The fourth-order valence-corrected chi connectivity index (χ4v) is 3.65. The van der Waals surface area contributed by atoms with Gasteiger partial charge < -0.3 is 10.4 Å². The van der Waals surface area contributed by atoms with Gasteiger partial charge in [0.1, 0.15) is 0 Å². The molecule has 2 N–H and O–H groups in total. The van der Waals surface area contributed by atoms with Crippen molar-refractivity contribution in [3.05, 3.63) is 84.1 Å². The third kappa shape index (κ3) is 3.82. The van der Waals surface area contributed by atoms with Crippen molar-refractivity contribution in [3.8, 4) is 0 Å². The molecule has 2 aromatic carbocycles. The first-order chi connectivity index (χ1) is 13.7. The van der Waals surface area contributed by atoms with Gasteiger partial charge >= 0.3 is 0 Å². The maximum Gasteiger partial charge on any atom is 0.229 e. The third-order valence-corrected chi connectivity index (χ3v) is 5.54. The van der Waals surface area contributed by atoms with E-state index in [-0.39, 0.29) is 18.4 Å². The molecule has 4 rings (SSSR count). The highest BCUT2D eigenvalue weighted by Crippen LogP contribution is 2.53. The van der Waals surface area contributed by atoms with E-state index in [0.29, 0.717) is 13.0 Å². The molecule has 28 heavy (non-hydrogen) atoms. The van der Waals surface area contributed by atoms with Gasteiger partial charge in [-0.15, -0.1) is 0 Å². The number of pyridine rings is 1. The second-order valence-corrected chi connectivity index (χ2v) is 7.44. The number of rotatable bonds is 7. The van der Waals surface area contributed by atoms with Crippen molar-refractivity contribution in [2.45, 2.75) is 12.8 Å². The Balaban J connectivity index is 1.36. The first-order valence-corrected chi connectivity index (χ1v) is 9.67. The first-order valence-electron chi connectivity index (χ1n) is 9.67. The molecular weight excluding hydrogens is 348 g/mol. The number of fused-ring (bicyclic) bond motifs is 1. The number of aromatic nitrogens is 1. The molecule has 142 valence electrons. The molecule has 4 nitrogen and oxygen atoms in total. The minimum Gasteiger partial charge on any atom is -0.395 e. The number of hydrogen-bond acceptors (Lipinski definition) is 3. The summed E-state index contributed by atoms with van der Waals surface area (Å²) in [7, 11) is 0. The predicted octanol–water partition coefficient (Wildman–Crippen LogP) is 3.61. The fraction of sp³-hybridized carbons (Fsp3) is 0.250. The maximum absolute atomic E-state index is 12.6. The number of hydrogen-bond donors (Lipinski definition) is 2. The molecule has 1 amide bonds. The number of nitrogens with one attached hydrogen (secondary N) is 1. The number of carbonyl (C=O) groups is 1. The van der Waals surface area contributed by atoms with Gasteiger partial charge in [0, 0.05) is 18.1 Å². The van der Waals surface area contributed by atoms with Crippen LogP contribution < -0.4 is 5.32 Å². The molecular formula is C24H24N2O2. The van der Waals surface area contributed by atoms with Crippen LogP contribution in [0.2, 0.25) is 0 Å². The third-order valence-electron chi connectivity index (χ3n) is 5.54. The van der Waals surface area contributed by atoms with E-state index >= 15 is 0 Å². The molecule has 0 radical (unpaired) electrons. The van der Waals surface area contributed by atoms with E-state index in [2.05, 4.69) is 16.4 Å². The predicted molar refractivity (Wildman–Crippen MR) is 112 cm³/mol. The van der Waals surface area contributed by atoms with Crippen molar-refractivity contribution >= 4 is 22.9 Å². The Labute approximate surface area is 164 Å². The van der Waals surface area contributed by atoms with Gasteiger partial charge in [0.2, 0.25) is 5.91 Å². The van der Waals surface area contributed by atoms with Crippen molar-refractivity contribution in [3.63, 3.8) is 0 Å². The zero-order valence-electron chi connectivity index (χ0n) is 15.7. The second-order valence-electron chi connectivity index (χ2n) is 7.44. The van der Waals surface area contributed by atoms with Crippen LogP contribution in [0.4, 0.5) is 0 Å². The van der Waals surface area contributed by atoms with Crippen molar-refractivity contribution in [1.82, 2.24) is 10.3 Å². The summed E-state index contributed by atoms with van der Waals surface area (Å²) in [6.07, 6.45) is 7.33. The number of benzene rings is 2. The Morgan fingerprint density at radius 2 is 1.96 bits per heavy atom. The summed E-state index contributed by atoms with van der Waals surface area (Å²) < 4.78 is 0. The summed E-state index contributed by atoms with van der Waals surface area (Å²) in [4.78, 5) is 17.1. The van der Waals surface area contributed by atoms with Crippen LogP contribution in [-0.2, 0) is 11.2 Å². The molecule has 1 saturated carbocycles. The van der Waals surface area contributed by atoms with E-state index in [1.165, 1.54) is 5.56 Å². The van der Waals surface area contributed by atoms with Crippen LogP contribution in [0.15, 0.2) is 72.9 Å². The number of aliphatic hydroxyl groups is 1. The van der Waals surface area contributed by atoms with Crippen LogP contribution in [0.5, 0.6) is 0 Å². The van der Waals surface area contributed by atoms with Crippen molar-refractivity contribution in [1.29, 1.82) is 0 Å². The quantitative estimate of drug-likeness (QED) is 0.666. The molecule has 2 atom stereocenters. The number of aliphatic hydroxyl groups excluding tert-OH is 1. The molecule has 1 aliphatic rings. The number of carbonyl (C=O) groups excluding carboxylic acids is 1. The fourth-order valence-electron chi connectivity index (χ4n) is 3.65. The second kappa shape index (κ2) is 7.95. The van der Waals surface area contributed by atoms with Crippen LogP contribution in [0.1, 0.15) is 17.5 Å². The Morgan fingerprint density at radius 1 is 1.18 bits per heavy atom. The van der Waals surface area contributed by atoms with Gasteiger partial charge in [-0.1, -0.05) is 60.7 Å². The summed E-state index contributed by atoms with van der Waals surface area (Å²) in [6.45, 7) is 0.449. The van der Waals surface area contributed by atoms with Gasteiger partial charge in [-0.25, -0.2) is 0 Å². The molecule has 2 unspecified atom stereocenters. The highest BCUT2D eigenvalue weighted by atomic mass is 16.3. The van der Waals surface area contributed by atoms with Crippen LogP contribution in [0, 0.1) is 11.3 Å². The van der Waals surface area contributed by atoms with Gasteiger partial charge in [-0.3, -0.25) is 9.78 Å². The highest BCUT2D eigenvalue weighted by molar-refractivity contribution is 5.87. The van der Waals surface area contributed by atoms with Gasteiger partial charge in [0.25, 0.3) is 0 Å². The molecule has 0 aliphatic heterocycles. The normalized spacial score (nSPS) is 21.1. The molecule has 3 aromatic rings. The number of amides is 1. The van der Waals surface area contributed by atoms with E-state index in [1.807, 2.05) is 72.9 Å². The molecule has 1 fully saturated rings. The molecule has 0 saturated heterocycles. The molecule has 4 heteroatoms. The zero-order valence-corrected chi connectivity index (χ0v) is 15.7. The Morgan fingerprint density at radius 3 is 2.79 bits per heavy atom. The lowest BCUT2D eigenvalue weighted by atomic mass is 10.0. The lowest BCUT2D eigenvalue weighted by molar-refractivity contribution is -0.128. The van der Waals surface area contributed by atoms with E-state index in [1.54, 1.807) is 0 Å². The first kappa shape index (κ1) is 18.4. The average molecular weight is 372 g/mol. The van der Waals surface area contributed by atoms with E-state index in [4.69, 9.17) is 0 Å². The average Bonchev–Trinajstić information content (AvgIpc) is 3.47. The number of para-hydroxylation sites is 1. The minimum absolute atomic E-state index is 0.0562. The van der Waals surface area contributed by atoms with Crippen LogP contribution in [0.25, 0.3) is 17.0 Å². The molecule has 1 heterocycles. The molecule has 0 spiro atoms. The topological polar surface area (TPSA) is 62.2 Å². The van der Waals surface area contributed by atoms with Crippen LogP contribution >= 0.6 is 0 Å². The van der Waals surface area contributed by atoms with Crippen molar-refractivity contribution in [2.75, 3.05) is 13.2 Å². The van der Waals surface area contributed by atoms with Gasteiger partial charge in [0.05, 0.1) is 17.5 Å². The summed E-state index contributed by atoms with van der Waals surface area (Å²) in [5.74, 6) is -0.00193. The SMILES string of the molecule is O=C(NCCc1ccccc1)C1(CO)CC1/C=C/c1cnc2ccccc2c1. The summed E-state index contributed by atoms with van der Waals surface area (Å²) in [5, 5.41) is 13.9. The zero-order chi connectivity index (χ0) is 19.4. The van der Waals surface area contributed by atoms with Gasteiger partial charge in [-0.2, -0.15) is 0 Å². The number of nitrogens with zero attached hydrogens (tertiary/aromatic N) is 1. The monoisotopic (exact) mass is 372 g/mol. The van der Waals surface area contributed by atoms with Gasteiger partial charge in [0.15, 0.2) is 0 Å². The van der Waals surface area contributed by atoms with Crippen molar-refractivity contribution < 1.29 is 9.90 Å². The van der Waals surface area contributed by atoms with E-state index in [0.717, 1.165) is 22.9 Å². The summed E-state index contributed by atoms with van der Waals surface area (Å²) in [5.41, 5.74) is 2.48. The Bertz CT molecular complexity index is 1000. The smallest absolute Gasteiger partial charge is 0.229 e. The minimum atomic E-state index is -0.683. The molecule has 1 aromatic heterocycles. The van der Waals surface area contributed by atoms with Crippen molar-refractivity contribution in [2.24, 2.45) is 11.3 Å². The largest absolute Gasteiger partial charge is 0.395 e. The highest BCUT2D eigenvalue weighted by Gasteiger charge is 2.58. The lowest BCUT2D eigenvalue weighted by Crippen LogP contribution is -2.36. The van der Waals surface area contributed by atoms with E-state index in [9.17, 15) is 9.90 Å².